The monoisotopic (exact) mass is 271 g/mol. The van der Waals surface area contributed by atoms with E-state index in [1.54, 1.807) is 0 Å². The summed E-state index contributed by atoms with van der Waals surface area (Å²) in [6.45, 7) is 12.4. The minimum atomic E-state index is 0.137. The van der Waals surface area contributed by atoms with Gasteiger partial charge in [-0.15, -0.1) is 0 Å². The summed E-state index contributed by atoms with van der Waals surface area (Å²) < 4.78 is 5.64. The van der Waals surface area contributed by atoms with E-state index in [9.17, 15) is 4.79 Å². The molecule has 2 atom stereocenters. The van der Waals surface area contributed by atoms with Crippen molar-refractivity contribution in [2.75, 3.05) is 39.8 Å². The van der Waals surface area contributed by atoms with Gasteiger partial charge in [-0.25, -0.2) is 4.79 Å². The molecule has 0 saturated carbocycles. The quantitative estimate of drug-likeness (QED) is 0.844. The smallest absolute Gasteiger partial charge is 0.320 e. The molecule has 2 saturated heterocycles. The Morgan fingerprint density at radius 2 is 2.11 bits per heavy atom. The van der Waals surface area contributed by atoms with Gasteiger partial charge in [-0.05, 0) is 5.92 Å². The van der Waals surface area contributed by atoms with Gasteiger partial charge in [0.05, 0.1) is 18.8 Å². The zero-order valence-electron chi connectivity index (χ0n) is 13.0. The molecule has 19 heavy (non-hydrogen) atoms. The predicted octanol–water partition coefficient (Wildman–Crippen LogP) is 1.39. The van der Waals surface area contributed by atoms with Gasteiger partial charge in [0.2, 0.25) is 0 Å². The second kappa shape index (κ2) is 7.70. The van der Waals surface area contributed by atoms with Gasteiger partial charge in [-0.3, -0.25) is 0 Å². The number of nitrogens with one attached hydrogen (secondary N) is 1. The maximum atomic E-state index is 12.1. The molecule has 0 aromatic rings. The highest BCUT2D eigenvalue weighted by Crippen LogP contribution is 2.20. The van der Waals surface area contributed by atoms with Crippen LogP contribution in [0.15, 0.2) is 0 Å². The zero-order valence-corrected chi connectivity index (χ0v) is 13.0. The summed E-state index contributed by atoms with van der Waals surface area (Å²) in [6.07, 6.45) is 0.145. The Morgan fingerprint density at radius 3 is 2.58 bits per heavy atom. The Hall–Kier alpha value is -0.810. The summed E-state index contributed by atoms with van der Waals surface area (Å²) in [5, 5.41) is 3.29. The van der Waals surface area contributed by atoms with Gasteiger partial charge in [0.1, 0.15) is 0 Å². The number of nitrogens with zero attached hydrogens (tertiary/aromatic N) is 2. The molecule has 2 aliphatic rings. The van der Waals surface area contributed by atoms with Gasteiger partial charge in [-0.2, -0.15) is 0 Å². The SMILES string of the molecule is CC.CC(C)C1CN(CC2CNCCO2)C(=O)N1C. The summed E-state index contributed by atoms with van der Waals surface area (Å²) >= 11 is 0. The van der Waals surface area contributed by atoms with E-state index in [0.29, 0.717) is 18.5 Å². The van der Waals surface area contributed by atoms with Crippen molar-refractivity contribution in [2.45, 2.75) is 39.8 Å². The molecule has 2 heterocycles. The van der Waals surface area contributed by atoms with Crippen LogP contribution in [0, 0.1) is 5.92 Å². The van der Waals surface area contributed by atoms with Crippen molar-refractivity contribution in [2.24, 2.45) is 5.92 Å². The maximum Gasteiger partial charge on any atom is 0.320 e. The van der Waals surface area contributed by atoms with Crippen LogP contribution in [-0.2, 0) is 4.74 Å². The Kier molecular flexibility index (Phi) is 6.58. The first-order valence-electron chi connectivity index (χ1n) is 7.43. The second-order valence-electron chi connectivity index (χ2n) is 5.31. The molecule has 0 aromatic carbocycles. The number of likely N-dealkylation sites (N-methyl/N-ethyl adjacent to an activating group) is 1. The van der Waals surface area contributed by atoms with Crippen molar-refractivity contribution in [1.82, 2.24) is 15.1 Å². The van der Waals surface area contributed by atoms with E-state index in [-0.39, 0.29) is 12.1 Å². The minimum absolute atomic E-state index is 0.137. The fourth-order valence-corrected chi connectivity index (χ4v) is 2.58. The van der Waals surface area contributed by atoms with Crippen LogP contribution in [0.2, 0.25) is 0 Å². The van der Waals surface area contributed by atoms with Crippen LogP contribution in [0.3, 0.4) is 0 Å². The van der Waals surface area contributed by atoms with E-state index in [4.69, 9.17) is 4.74 Å². The highest BCUT2D eigenvalue weighted by Gasteiger charge is 2.37. The van der Waals surface area contributed by atoms with Crippen molar-refractivity contribution in [3.05, 3.63) is 0 Å². The lowest BCUT2D eigenvalue weighted by molar-refractivity contribution is 0.0142. The first kappa shape index (κ1) is 16.2. The second-order valence-corrected chi connectivity index (χ2v) is 5.31. The molecule has 5 heteroatoms. The highest BCUT2D eigenvalue weighted by atomic mass is 16.5. The summed E-state index contributed by atoms with van der Waals surface area (Å²) in [4.78, 5) is 15.9. The summed E-state index contributed by atoms with van der Waals surface area (Å²) in [7, 11) is 1.90. The molecule has 112 valence electrons. The normalized spacial score (nSPS) is 27.6. The number of hydrogen-bond acceptors (Lipinski definition) is 3. The largest absolute Gasteiger partial charge is 0.374 e. The lowest BCUT2D eigenvalue weighted by atomic mass is 10.0. The summed E-state index contributed by atoms with van der Waals surface area (Å²) in [5.41, 5.74) is 0. The topological polar surface area (TPSA) is 44.8 Å². The number of rotatable bonds is 3. The van der Waals surface area contributed by atoms with E-state index < -0.39 is 0 Å². The third-order valence-electron chi connectivity index (χ3n) is 3.68. The van der Waals surface area contributed by atoms with Crippen LogP contribution in [0.4, 0.5) is 4.79 Å². The Labute approximate surface area is 117 Å². The first-order chi connectivity index (χ1) is 9.09. The lowest BCUT2D eigenvalue weighted by Crippen LogP contribution is -2.46. The van der Waals surface area contributed by atoms with Gasteiger partial charge in [0, 0.05) is 33.2 Å². The van der Waals surface area contributed by atoms with Crippen molar-refractivity contribution in [3.8, 4) is 0 Å². The van der Waals surface area contributed by atoms with Crippen molar-refractivity contribution in [1.29, 1.82) is 0 Å². The molecule has 2 unspecified atom stereocenters. The van der Waals surface area contributed by atoms with Gasteiger partial charge in [0.25, 0.3) is 0 Å². The Balaban J connectivity index is 0.000000861. The van der Waals surface area contributed by atoms with Crippen molar-refractivity contribution >= 4 is 6.03 Å². The Bertz CT molecular complexity index is 278. The van der Waals surface area contributed by atoms with E-state index in [1.165, 1.54) is 0 Å². The fraction of sp³-hybridized carbons (Fsp3) is 0.929. The van der Waals surface area contributed by atoms with Crippen LogP contribution in [0.25, 0.3) is 0 Å². The number of urea groups is 1. The van der Waals surface area contributed by atoms with E-state index in [0.717, 1.165) is 26.2 Å². The summed E-state index contributed by atoms with van der Waals surface area (Å²) in [6, 6.07) is 0.469. The number of carbonyl (C=O) groups is 1. The number of morpholine rings is 1. The molecule has 1 N–H and O–H groups in total. The van der Waals surface area contributed by atoms with Crippen molar-refractivity contribution in [3.63, 3.8) is 0 Å². The fourth-order valence-electron chi connectivity index (χ4n) is 2.58. The molecule has 0 aliphatic carbocycles. The molecule has 2 aliphatic heterocycles. The molecule has 0 radical (unpaired) electrons. The van der Waals surface area contributed by atoms with Crippen LogP contribution < -0.4 is 5.32 Å². The molecule has 0 spiro atoms. The number of hydrogen-bond donors (Lipinski definition) is 1. The molecule has 2 amide bonds. The summed E-state index contributed by atoms with van der Waals surface area (Å²) in [5.74, 6) is 0.499. The van der Waals surface area contributed by atoms with Gasteiger partial charge < -0.3 is 19.9 Å². The molecular formula is C14H29N3O2. The van der Waals surface area contributed by atoms with Crippen molar-refractivity contribution < 1.29 is 9.53 Å². The van der Waals surface area contributed by atoms with Gasteiger partial charge >= 0.3 is 6.03 Å². The average molecular weight is 271 g/mol. The Morgan fingerprint density at radius 1 is 1.42 bits per heavy atom. The molecule has 2 rings (SSSR count). The maximum absolute atomic E-state index is 12.1. The predicted molar refractivity (Wildman–Crippen MR) is 77.3 cm³/mol. The van der Waals surface area contributed by atoms with E-state index in [1.807, 2.05) is 30.7 Å². The minimum Gasteiger partial charge on any atom is -0.374 e. The van der Waals surface area contributed by atoms with Crippen LogP contribution in [0.1, 0.15) is 27.7 Å². The van der Waals surface area contributed by atoms with E-state index in [2.05, 4.69) is 19.2 Å². The molecule has 0 aromatic heterocycles. The molecule has 2 fully saturated rings. The molecule has 0 bridgehead atoms. The van der Waals surface area contributed by atoms with Crippen LogP contribution in [0.5, 0.6) is 0 Å². The van der Waals surface area contributed by atoms with Gasteiger partial charge in [0.15, 0.2) is 0 Å². The number of ether oxygens (including phenoxy) is 1. The van der Waals surface area contributed by atoms with Crippen LogP contribution in [-0.4, -0.2) is 67.8 Å². The number of carbonyl (C=O) groups excluding carboxylic acids is 1. The molecular weight excluding hydrogens is 242 g/mol. The highest BCUT2D eigenvalue weighted by molar-refractivity contribution is 5.77. The zero-order chi connectivity index (χ0) is 14.4. The third-order valence-corrected chi connectivity index (χ3v) is 3.68. The molecule has 5 nitrogen and oxygen atoms in total. The van der Waals surface area contributed by atoms with E-state index >= 15 is 0 Å². The average Bonchev–Trinajstić information content (AvgIpc) is 2.71. The first-order valence-corrected chi connectivity index (χ1v) is 7.43. The standard InChI is InChI=1S/C12H23N3O2.C2H6/c1-9(2)11-8-15(12(16)14(11)3)7-10-6-13-4-5-17-10;1-2/h9-11,13H,4-8H2,1-3H3;1-2H3. The number of amides is 2. The third kappa shape index (κ3) is 4.08. The lowest BCUT2D eigenvalue weighted by Gasteiger charge is -2.27. The van der Waals surface area contributed by atoms with Gasteiger partial charge in [-0.1, -0.05) is 27.7 Å². The van der Waals surface area contributed by atoms with Crippen LogP contribution >= 0.6 is 0 Å².